The summed E-state index contributed by atoms with van der Waals surface area (Å²) in [5.74, 6) is 0.576. The van der Waals surface area contributed by atoms with Crippen LogP contribution in [0.15, 0.2) is 12.3 Å². The largest absolute Gasteiger partial charge is 0.486 e. The van der Waals surface area contributed by atoms with Crippen LogP contribution >= 0.6 is 0 Å². The Balaban J connectivity index is 2.33. The van der Waals surface area contributed by atoms with Crippen molar-refractivity contribution < 1.29 is 9.53 Å². The molecule has 1 saturated carbocycles. The summed E-state index contributed by atoms with van der Waals surface area (Å²) in [6.45, 7) is 0. The van der Waals surface area contributed by atoms with E-state index >= 15 is 0 Å². The molecule has 4 nitrogen and oxygen atoms in total. The van der Waals surface area contributed by atoms with E-state index in [4.69, 9.17) is 4.74 Å². The second-order valence-corrected chi connectivity index (χ2v) is 3.26. The first kappa shape index (κ1) is 8.99. The summed E-state index contributed by atoms with van der Waals surface area (Å²) in [5, 5.41) is 2.98. The molecule has 0 spiro atoms. The van der Waals surface area contributed by atoms with Gasteiger partial charge in [0.25, 0.3) is 0 Å². The number of pyridine rings is 1. The number of nitrogens with one attached hydrogen (secondary N) is 1. The van der Waals surface area contributed by atoms with Gasteiger partial charge in [-0.3, -0.25) is 4.79 Å². The van der Waals surface area contributed by atoms with E-state index in [0.29, 0.717) is 11.4 Å². The second-order valence-electron chi connectivity index (χ2n) is 3.26. The smallest absolute Gasteiger partial charge is 0.172 e. The minimum Gasteiger partial charge on any atom is -0.486 e. The van der Waals surface area contributed by atoms with Crippen molar-refractivity contribution in [1.82, 2.24) is 4.98 Å². The number of anilines is 1. The van der Waals surface area contributed by atoms with Crippen molar-refractivity contribution in [2.75, 3.05) is 12.4 Å². The molecular formula is C10H12N2O2. The fourth-order valence-corrected chi connectivity index (χ4v) is 1.22. The molecule has 0 amide bonds. The van der Waals surface area contributed by atoms with Gasteiger partial charge < -0.3 is 10.1 Å². The lowest BCUT2D eigenvalue weighted by Gasteiger charge is -2.11. The average molecular weight is 192 g/mol. The van der Waals surface area contributed by atoms with E-state index in [0.717, 1.165) is 24.8 Å². The molecule has 0 unspecified atom stereocenters. The highest BCUT2D eigenvalue weighted by atomic mass is 16.5. The lowest BCUT2D eigenvalue weighted by molar-refractivity contribution is 0.111. The molecule has 4 heteroatoms. The van der Waals surface area contributed by atoms with E-state index in [2.05, 4.69) is 10.3 Å². The number of ether oxygens (including phenoxy) is 1. The van der Waals surface area contributed by atoms with Gasteiger partial charge in [0.1, 0.15) is 5.69 Å². The highest BCUT2D eigenvalue weighted by Crippen LogP contribution is 2.33. The van der Waals surface area contributed by atoms with Crippen LogP contribution in [0.5, 0.6) is 5.75 Å². The van der Waals surface area contributed by atoms with Crippen LogP contribution in [0.4, 0.5) is 5.69 Å². The minimum absolute atomic E-state index is 0.269. The van der Waals surface area contributed by atoms with Crippen LogP contribution in [0.2, 0.25) is 0 Å². The molecule has 0 bridgehead atoms. The fourth-order valence-electron chi connectivity index (χ4n) is 1.22. The van der Waals surface area contributed by atoms with Crippen molar-refractivity contribution in [3.05, 3.63) is 18.0 Å². The Kier molecular flexibility index (Phi) is 2.35. The van der Waals surface area contributed by atoms with Crippen molar-refractivity contribution in [3.8, 4) is 5.75 Å². The first-order valence-electron chi connectivity index (χ1n) is 4.63. The number of hydrogen-bond donors (Lipinski definition) is 1. The first-order valence-corrected chi connectivity index (χ1v) is 4.63. The van der Waals surface area contributed by atoms with Crippen LogP contribution in [0.1, 0.15) is 23.3 Å². The van der Waals surface area contributed by atoms with Crippen LogP contribution in [0, 0.1) is 0 Å². The van der Waals surface area contributed by atoms with Crippen LogP contribution < -0.4 is 10.1 Å². The molecule has 1 aromatic heterocycles. The molecule has 1 heterocycles. The molecule has 0 radical (unpaired) electrons. The van der Waals surface area contributed by atoms with Gasteiger partial charge in [-0.25, -0.2) is 4.98 Å². The predicted octanol–water partition coefficient (Wildman–Crippen LogP) is 1.48. The van der Waals surface area contributed by atoms with Gasteiger partial charge in [0.2, 0.25) is 0 Å². The van der Waals surface area contributed by atoms with Crippen LogP contribution in [-0.2, 0) is 0 Å². The van der Waals surface area contributed by atoms with Gasteiger partial charge in [-0.15, -0.1) is 0 Å². The van der Waals surface area contributed by atoms with E-state index in [1.54, 1.807) is 19.3 Å². The number of carbonyl (C=O) groups excluding carboxylic acids is 1. The molecule has 1 N–H and O–H groups in total. The first-order chi connectivity index (χ1) is 6.85. The quantitative estimate of drug-likeness (QED) is 0.734. The molecule has 0 saturated heterocycles. The molecular weight excluding hydrogens is 180 g/mol. The number of aldehydes is 1. The summed E-state index contributed by atoms with van der Waals surface area (Å²) in [7, 11) is 1.80. The molecule has 14 heavy (non-hydrogen) atoms. The van der Waals surface area contributed by atoms with E-state index in [-0.39, 0.29) is 6.10 Å². The summed E-state index contributed by atoms with van der Waals surface area (Å²) in [6, 6.07) is 1.80. The monoisotopic (exact) mass is 192 g/mol. The highest BCUT2D eigenvalue weighted by molar-refractivity contribution is 5.80. The Morgan fingerprint density at radius 1 is 1.64 bits per heavy atom. The molecule has 1 fully saturated rings. The standard InChI is InChI=1S/C10H12N2O2/c1-11-8-4-5-12-9(6-13)10(8)14-7-2-3-7/h4-7H,2-3H2,1H3,(H,11,12). The van der Waals surface area contributed by atoms with Crippen molar-refractivity contribution in [2.24, 2.45) is 0 Å². The van der Waals surface area contributed by atoms with Gasteiger partial charge in [-0.05, 0) is 18.9 Å². The van der Waals surface area contributed by atoms with Gasteiger partial charge in [-0.1, -0.05) is 0 Å². The van der Waals surface area contributed by atoms with Crippen molar-refractivity contribution >= 4 is 12.0 Å². The van der Waals surface area contributed by atoms with Gasteiger partial charge >= 0.3 is 0 Å². The maximum absolute atomic E-state index is 10.7. The number of nitrogens with zero attached hydrogens (tertiary/aromatic N) is 1. The topological polar surface area (TPSA) is 51.2 Å². The summed E-state index contributed by atoms with van der Waals surface area (Å²) >= 11 is 0. The maximum Gasteiger partial charge on any atom is 0.172 e. The fraction of sp³-hybridized carbons (Fsp3) is 0.400. The molecule has 0 aromatic carbocycles. The van der Waals surface area contributed by atoms with Gasteiger partial charge in [-0.2, -0.15) is 0 Å². The third kappa shape index (κ3) is 1.69. The van der Waals surface area contributed by atoms with Crippen LogP contribution in [-0.4, -0.2) is 24.4 Å². The maximum atomic E-state index is 10.7. The van der Waals surface area contributed by atoms with E-state index < -0.39 is 0 Å². The Morgan fingerprint density at radius 3 is 3.00 bits per heavy atom. The molecule has 2 rings (SSSR count). The normalized spacial score (nSPS) is 14.9. The molecule has 1 aliphatic rings. The molecule has 74 valence electrons. The highest BCUT2D eigenvalue weighted by Gasteiger charge is 2.26. The Bertz CT molecular complexity index is 348. The number of rotatable bonds is 4. The van der Waals surface area contributed by atoms with E-state index in [1.165, 1.54) is 0 Å². The molecule has 1 aromatic rings. The zero-order valence-corrected chi connectivity index (χ0v) is 7.99. The molecule has 1 aliphatic carbocycles. The van der Waals surface area contributed by atoms with Crippen LogP contribution in [0.3, 0.4) is 0 Å². The number of carbonyl (C=O) groups is 1. The van der Waals surface area contributed by atoms with E-state index in [9.17, 15) is 4.79 Å². The Labute approximate surface area is 82.3 Å². The third-order valence-corrected chi connectivity index (χ3v) is 2.12. The van der Waals surface area contributed by atoms with Crippen molar-refractivity contribution in [2.45, 2.75) is 18.9 Å². The van der Waals surface area contributed by atoms with Gasteiger partial charge in [0.15, 0.2) is 12.0 Å². The number of hydrogen-bond acceptors (Lipinski definition) is 4. The predicted molar refractivity (Wildman–Crippen MR) is 52.8 cm³/mol. The summed E-state index contributed by atoms with van der Waals surface area (Å²) < 4.78 is 5.61. The molecule has 0 aliphatic heterocycles. The Morgan fingerprint density at radius 2 is 2.43 bits per heavy atom. The minimum atomic E-state index is 0.269. The van der Waals surface area contributed by atoms with Gasteiger partial charge in [0.05, 0.1) is 11.8 Å². The zero-order valence-electron chi connectivity index (χ0n) is 7.99. The van der Waals surface area contributed by atoms with E-state index in [1.807, 2.05) is 0 Å². The number of aromatic nitrogens is 1. The summed E-state index contributed by atoms with van der Waals surface area (Å²) in [4.78, 5) is 14.7. The SMILES string of the molecule is CNc1ccnc(C=O)c1OC1CC1. The summed E-state index contributed by atoms with van der Waals surface area (Å²) in [6.07, 6.45) is 4.71. The zero-order chi connectivity index (χ0) is 9.97. The van der Waals surface area contributed by atoms with Crippen LogP contribution in [0.25, 0.3) is 0 Å². The lowest BCUT2D eigenvalue weighted by atomic mass is 10.3. The molecule has 0 atom stereocenters. The third-order valence-electron chi connectivity index (χ3n) is 2.12. The lowest BCUT2D eigenvalue weighted by Crippen LogP contribution is -2.04. The average Bonchev–Trinajstić information content (AvgIpc) is 3.02. The van der Waals surface area contributed by atoms with Crippen molar-refractivity contribution in [1.29, 1.82) is 0 Å². The van der Waals surface area contributed by atoms with Crippen molar-refractivity contribution in [3.63, 3.8) is 0 Å². The Hall–Kier alpha value is -1.58. The summed E-state index contributed by atoms with van der Waals surface area (Å²) in [5.41, 5.74) is 1.18. The second kappa shape index (κ2) is 3.65. The van der Waals surface area contributed by atoms with Gasteiger partial charge in [0, 0.05) is 13.2 Å².